The molecular formula is C21H23F2N7O. The molecule has 5 rings (SSSR count). The number of nitrogens with zero attached hydrogens (tertiary/aromatic N) is 6. The normalized spacial score (nSPS) is 19.7. The van der Waals surface area contributed by atoms with Gasteiger partial charge in [-0.05, 0) is 13.3 Å². The van der Waals surface area contributed by atoms with Gasteiger partial charge >= 0.3 is 0 Å². The van der Waals surface area contributed by atoms with E-state index >= 15 is 0 Å². The maximum absolute atomic E-state index is 14.2. The van der Waals surface area contributed by atoms with Crippen molar-refractivity contribution in [2.24, 2.45) is 5.92 Å². The van der Waals surface area contributed by atoms with Crippen LogP contribution in [0.1, 0.15) is 22.6 Å². The van der Waals surface area contributed by atoms with Crippen LogP contribution in [0.15, 0.2) is 30.9 Å². The van der Waals surface area contributed by atoms with Gasteiger partial charge < -0.3 is 14.6 Å². The Balaban J connectivity index is 1.18. The number of imidazole rings is 1. The second-order valence-electron chi connectivity index (χ2n) is 8.32. The fourth-order valence-corrected chi connectivity index (χ4v) is 4.23. The van der Waals surface area contributed by atoms with Gasteiger partial charge in [0.15, 0.2) is 11.5 Å². The lowest BCUT2D eigenvalue weighted by molar-refractivity contribution is 0.102. The predicted octanol–water partition coefficient (Wildman–Crippen LogP) is 2.30. The molecule has 31 heavy (non-hydrogen) atoms. The molecular weight excluding hydrogens is 404 g/mol. The highest BCUT2D eigenvalue weighted by Gasteiger charge is 2.32. The first-order valence-electron chi connectivity index (χ1n) is 10.3. The van der Waals surface area contributed by atoms with Gasteiger partial charge in [0.05, 0.1) is 23.8 Å². The lowest BCUT2D eigenvalue weighted by atomic mass is 10.00. The minimum absolute atomic E-state index is 0.147. The van der Waals surface area contributed by atoms with E-state index in [1.165, 1.54) is 16.7 Å². The van der Waals surface area contributed by atoms with Crippen molar-refractivity contribution in [2.45, 2.75) is 19.5 Å². The molecule has 2 aliphatic heterocycles. The first kappa shape index (κ1) is 19.8. The van der Waals surface area contributed by atoms with Crippen LogP contribution in [0.2, 0.25) is 0 Å². The van der Waals surface area contributed by atoms with Crippen molar-refractivity contribution in [3.8, 4) is 0 Å². The second-order valence-corrected chi connectivity index (χ2v) is 8.32. The van der Waals surface area contributed by atoms with Crippen LogP contribution >= 0.6 is 0 Å². The largest absolute Gasteiger partial charge is 0.355 e. The highest BCUT2D eigenvalue weighted by atomic mass is 19.1. The minimum Gasteiger partial charge on any atom is -0.355 e. The molecule has 10 heteroatoms. The van der Waals surface area contributed by atoms with Crippen molar-refractivity contribution >= 4 is 23.1 Å². The van der Waals surface area contributed by atoms with Crippen LogP contribution in [0, 0.1) is 18.7 Å². The summed E-state index contributed by atoms with van der Waals surface area (Å²) < 4.78 is 29.0. The first-order valence-corrected chi connectivity index (χ1v) is 10.3. The highest BCUT2D eigenvalue weighted by molar-refractivity contribution is 6.02. The second kappa shape index (κ2) is 7.84. The van der Waals surface area contributed by atoms with E-state index in [0.717, 1.165) is 26.2 Å². The predicted molar refractivity (Wildman–Crippen MR) is 112 cm³/mol. The smallest absolute Gasteiger partial charge is 0.275 e. The molecule has 1 N–H and O–H groups in total. The summed E-state index contributed by atoms with van der Waals surface area (Å²) in [4.78, 5) is 29.4. The van der Waals surface area contributed by atoms with Crippen molar-refractivity contribution in [3.05, 3.63) is 48.1 Å². The molecule has 1 unspecified atom stereocenters. The summed E-state index contributed by atoms with van der Waals surface area (Å²) in [5.74, 6) is 0.215. The van der Waals surface area contributed by atoms with Gasteiger partial charge in [-0.25, -0.2) is 23.7 Å². The zero-order valence-corrected chi connectivity index (χ0v) is 17.1. The average Bonchev–Trinajstić information content (AvgIpc) is 3.29. The number of rotatable bonds is 5. The summed E-state index contributed by atoms with van der Waals surface area (Å²) in [5.41, 5.74) is 1.35. The molecule has 2 saturated heterocycles. The van der Waals surface area contributed by atoms with Crippen molar-refractivity contribution in [1.82, 2.24) is 24.3 Å². The monoisotopic (exact) mass is 427 g/mol. The molecule has 8 nitrogen and oxygen atoms in total. The van der Waals surface area contributed by atoms with Gasteiger partial charge in [-0.2, -0.15) is 0 Å². The highest BCUT2D eigenvalue weighted by Crippen LogP contribution is 2.25. The van der Waals surface area contributed by atoms with Crippen LogP contribution in [0.3, 0.4) is 0 Å². The quantitative estimate of drug-likeness (QED) is 0.673. The first-order chi connectivity index (χ1) is 14.9. The van der Waals surface area contributed by atoms with E-state index in [4.69, 9.17) is 0 Å². The number of fused-ring (bicyclic) bond motifs is 1. The Kier molecular flexibility index (Phi) is 5.01. The third-order valence-corrected chi connectivity index (χ3v) is 5.77. The number of nitrogens with one attached hydrogen (secondary N) is 1. The molecule has 0 aromatic carbocycles. The van der Waals surface area contributed by atoms with Crippen LogP contribution in [0.4, 0.5) is 20.3 Å². The van der Waals surface area contributed by atoms with Gasteiger partial charge in [-0.15, -0.1) is 0 Å². The summed E-state index contributed by atoms with van der Waals surface area (Å²) in [5, 5.41) is 2.65. The van der Waals surface area contributed by atoms with Crippen molar-refractivity contribution < 1.29 is 13.6 Å². The lowest BCUT2D eigenvalue weighted by Crippen LogP contribution is -2.51. The summed E-state index contributed by atoms with van der Waals surface area (Å²) in [7, 11) is 0. The zero-order chi connectivity index (χ0) is 21.5. The van der Waals surface area contributed by atoms with E-state index in [-0.39, 0.29) is 11.3 Å². The van der Waals surface area contributed by atoms with Gasteiger partial charge in [-0.1, -0.05) is 0 Å². The molecule has 2 fully saturated rings. The summed E-state index contributed by atoms with van der Waals surface area (Å²) >= 11 is 0. The fourth-order valence-electron chi connectivity index (χ4n) is 4.23. The van der Waals surface area contributed by atoms with Crippen LogP contribution < -0.4 is 10.2 Å². The Morgan fingerprint density at radius 1 is 1.23 bits per heavy atom. The van der Waals surface area contributed by atoms with Gasteiger partial charge in [0.2, 0.25) is 0 Å². The number of aryl methyl sites for hydroxylation is 1. The molecule has 0 radical (unpaired) electrons. The molecule has 1 atom stereocenters. The molecule has 0 aliphatic carbocycles. The standard InChI is InChI=1S/C21H23F2N7O/c1-13-7-30-12-16(4-17(23)20(30)26-13)27-21(31)18-5-25-19(6-24-18)29-9-14(10-29)8-28-3-2-15(22)11-28/h4-7,12,14-15H,2-3,8-11H2,1H3,(H,27,31). The molecule has 1 amide bonds. The lowest BCUT2D eigenvalue weighted by Gasteiger charge is -2.41. The average molecular weight is 427 g/mol. The Morgan fingerprint density at radius 3 is 2.77 bits per heavy atom. The zero-order valence-electron chi connectivity index (χ0n) is 17.1. The number of carbonyl (C=O) groups is 1. The number of hydrogen-bond donors (Lipinski definition) is 1. The van der Waals surface area contributed by atoms with E-state index in [9.17, 15) is 13.6 Å². The number of likely N-dealkylation sites (tertiary alicyclic amines) is 1. The van der Waals surface area contributed by atoms with E-state index in [1.807, 2.05) is 0 Å². The van der Waals surface area contributed by atoms with Crippen LogP contribution in [-0.2, 0) is 0 Å². The summed E-state index contributed by atoms with van der Waals surface area (Å²) in [6, 6.07) is 1.23. The van der Waals surface area contributed by atoms with Crippen LogP contribution in [0.25, 0.3) is 5.65 Å². The molecule has 2 aliphatic rings. The molecule has 5 heterocycles. The van der Waals surface area contributed by atoms with Crippen molar-refractivity contribution in [3.63, 3.8) is 0 Å². The molecule has 3 aromatic heterocycles. The van der Waals surface area contributed by atoms with Crippen molar-refractivity contribution in [2.75, 3.05) is 42.9 Å². The Hall–Kier alpha value is -3.14. The topological polar surface area (TPSA) is 78.7 Å². The SMILES string of the molecule is Cc1cn2cc(NC(=O)c3cnc(N4CC(CN5CCC(F)C5)C4)cn3)cc(F)c2n1. The maximum atomic E-state index is 14.2. The fraction of sp³-hybridized carbons (Fsp3) is 0.429. The van der Waals surface area contributed by atoms with Crippen LogP contribution in [0.5, 0.6) is 0 Å². The number of carbonyl (C=O) groups excluding carboxylic acids is 1. The van der Waals surface area contributed by atoms with Crippen LogP contribution in [-0.4, -0.2) is 69.1 Å². The van der Waals surface area contributed by atoms with E-state index in [0.29, 0.717) is 36.1 Å². The molecule has 162 valence electrons. The Bertz CT molecular complexity index is 1110. The van der Waals surface area contributed by atoms with Gasteiger partial charge in [-0.3, -0.25) is 9.69 Å². The Labute approximate surface area is 177 Å². The number of halogens is 2. The summed E-state index contributed by atoms with van der Waals surface area (Å²) in [6.45, 7) is 5.74. The number of amides is 1. The summed E-state index contributed by atoms with van der Waals surface area (Å²) in [6.07, 6.45) is 6.22. The van der Waals surface area contributed by atoms with E-state index < -0.39 is 17.9 Å². The van der Waals surface area contributed by atoms with E-state index in [1.54, 1.807) is 25.5 Å². The maximum Gasteiger partial charge on any atom is 0.275 e. The molecule has 3 aromatic rings. The number of aromatic nitrogens is 4. The van der Waals surface area contributed by atoms with Gasteiger partial charge in [0, 0.05) is 57.1 Å². The third kappa shape index (κ3) is 4.07. The molecule has 0 saturated carbocycles. The number of pyridine rings is 1. The van der Waals surface area contributed by atoms with E-state index in [2.05, 4.69) is 30.1 Å². The number of alkyl halides is 1. The number of hydrogen-bond acceptors (Lipinski definition) is 6. The van der Waals surface area contributed by atoms with Crippen molar-refractivity contribution in [1.29, 1.82) is 0 Å². The third-order valence-electron chi connectivity index (χ3n) is 5.77. The Morgan fingerprint density at radius 2 is 2.06 bits per heavy atom. The molecule has 0 spiro atoms. The van der Waals surface area contributed by atoms with Gasteiger partial charge in [0.1, 0.15) is 17.7 Å². The molecule has 0 bridgehead atoms. The van der Waals surface area contributed by atoms with Gasteiger partial charge in [0.25, 0.3) is 5.91 Å². The minimum atomic E-state index is -0.691. The number of anilines is 2.